The number of nitrogens with zero attached hydrogens (tertiary/aromatic N) is 4. The normalized spacial score (nSPS) is 13.8. The zero-order valence-corrected chi connectivity index (χ0v) is 14.3. The van der Waals surface area contributed by atoms with E-state index in [9.17, 15) is 4.79 Å². The average molecular weight is 339 g/mol. The number of H-pyrrole nitrogens is 1. The van der Waals surface area contributed by atoms with E-state index in [0.717, 1.165) is 29.6 Å². The third-order valence-corrected chi connectivity index (χ3v) is 4.88. The predicted octanol–water partition coefficient (Wildman–Crippen LogP) is 2.42. The molecule has 0 aliphatic heterocycles. The summed E-state index contributed by atoms with van der Waals surface area (Å²) in [6.07, 6.45) is 5.77. The Bertz CT molecular complexity index is 898. The summed E-state index contributed by atoms with van der Waals surface area (Å²) < 4.78 is 4.71. The van der Waals surface area contributed by atoms with Gasteiger partial charge in [0.1, 0.15) is 11.0 Å². The molecule has 0 saturated carbocycles. The van der Waals surface area contributed by atoms with Crippen molar-refractivity contribution >= 4 is 16.9 Å². The van der Waals surface area contributed by atoms with Gasteiger partial charge in [-0.05, 0) is 59.3 Å². The Hall–Kier alpha value is -2.70. The van der Waals surface area contributed by atoms with Crippen LogP contribution in [0, 0.1) is 0 Å². The average Bonchev–Trinajstić information content (AvgIpc) is 3.26. The molecule has 0 atom stereocenters. The van der Waals surface area contributed by atoms with Crippen LogP contribution in [-0.2, 0) is 30.6 Å². The molecule has 1 amide bonds. The van der Waals surface area contributed by atoms with Crippen LogP contribution in [-0.4, -0.2) is 38.4 Å². The van der Waals surface area contributed by atoms with Gasteiger partial charge in [0.15, 0.2) is 0 Å². The van der Waals surface area contributed by atoms with Gasteiger partial charge in [0.25, 0.3) is 0 Å². The zero-order valence-electron chi connectivity index (χ0n) is 14.3. The van der Waals surface area contributed by atoms with Gasteiger partial charge in [0.05, 0.1) is 5.69 Å². The number of nitrogens with one attached hydrogen (secondary N) is 1. The van der Waals surface area contributed by atoms with E-state index in [1.165, 1.54) is 24.1 Å². The number of hydrogen-bond donors (Lipinski definition) is 1. The first-order valence-corrected chi connectivity index (χ1v) is 8.71. The molecule has 0 unspecified atom stereocenters. The molecule has 130 valence electrons. The number of carbonyl (C=O) groups excluding carboxylic acids is 1. The number of aromatic amines is 1. The molecule has 0 saturated heterocycles. The van der Waals surface area contributed by atoms with E-state index in [1.807, 2.05) is 25.2 Å². The number of carbonyl (C=O) groups is 1. The lowest BCUT2D eigenvalue weighted by atomic mass is 9.94. The van der Waals surface area contributed by atoms with Crippen molar-refractivity contribution in [1.82, 2.24) is 25.4 Å². The maximum Gasteiger partial charge on any atom is 0.223 e. The second kappa shape index (κ2) is 6.66. The van der Waals surface area contributed by atoms with Crippen molar-refractivity contribution in [2.24, 2.45) is 0 Å². The third kappa shape index (κ3) is 3.26. The van der Waals surface area contributed by atoms with E-state index >= 15 is 0 Å². The number of hydrogen-bond acceptors (Lipinski definition) is 5. The number of aryl methyl sites for hydroxylation is 2. The molecule has 1 aliphatic rings. The number of benzene rings is 1. The summed E-state index contributed by atoms with van der Waals surface area (Å²) in [5.74, 6) is 0.117. The van der Waals surface area contributed by atoms with E-state index in [-0.39, 0.29) is 5.91 Å². The SMILES string of the molecule is CN(Cc1ccc2nonc2c1)C(=O)CCc1n[nH]c2c1CCCC2. The lowest BCUT2D eigenvalue weighted by molar-refractivity contribution is -0.130. The maximum atomic E-state index is 12.5. The molecule has 1 aliphatic carbocycles. The van der Waals surface area contributed by atoms with E-state index < -0.39 is 0 Å². The van der Waals surface area contributed by atoms with Crippen molar-refractivity contribution in [1.29, 1.82) is 0 Å². The van der Waals surface area contributed by atoms with E-state index in [1.54, 1.807) is 4.90 Å². The standard InChI is InChI=1S/C18H21N5O2/c1-23(11-12-6-7-16-17(10-12)22-25-21-16)18(24)9-8-15-13-4-2-3-5-14(13)19-20-15/h6-7,10H,2-5,8-9,11H2,1H3,(H,19,20). The van der Waals surface area contributed by atoms with Crippen LogP contribution in [0.5, 0.6) is 0 Å². The molecule has 1 aromatic carbocycles. The number of amides is 1. The summed E-state index contributed by atoms with van der Waals surface area (Å²) in [4.78, 5) is 14.2. The van der Waals surface area contributed by atoms with Crippen LogP contribution < -0.4 is 0 Å². The van der Waals surface area contributed by atoms with Crippen molar-refractivity contribution < 1.29 is 9.42 Å². The van der Waals surface area contributed by atoms with Crippen molar-refractivity contribution in [2.45, 2.75) is 45.1 Å². The lowest BCUT2D eigenvalue weighted by Crippen LogP contribution is -2.26. The zero-order chi connectivity index (χ0) is 17.2. The Balaban J connectivity index is 1.36. The molecule has 0 spiro atoms. The largest absolute Gasteiger partial charge is 0.341 e. The molecule has 7 nitrogen and oxygen atoms in total. The van der Waals surface area contributed by atoms with Crippen LogP contribution in [0.4, 0.5) is 0 Å². The highest BCUT2D eigenvalue weighted by Gasteiger charge is 2.18. The van der Waals surface area contributed by atoms with Gasteiger partial charge >= 0.3 is 0 Å². The Morgan fingerprint density at radius 2 is 2.08 bits per heavy atom. The van der Waals surface area contributed by atoms with Gasteiger partial charge in [-0.3, -0.25) is 9.89 Å². The van der Waals surface area contributed by atoms with E-state index in [4.69, 9.17) is 4.63 Å². The van der Waals surface area contributed by atoms with Crippen LogP contribution in [0.15, 0.2) is 22.8 Å². The van der Waals surface area contributed by atoms with Gasteiger partial charge in [-0.2, -0.15) is 5.10 Å². The fourth-order valence-corrected chi connectivity index (χ4v) is 3.46. The highest BCUT2D eigenvalue weighted by atomic mass is 16.6. The molecule has 0 bridgehead atoms. The summed E-state index contributed by atoms with van der Waals surface area (Å²) in [7, 11) is 1.83. The molecule has 25 heavy (non-hydrogen) atoms. The Morgan fingerprint density at radius 3 is 3.00 bits per heavy atom. The molecular formula is C18H21N5O2. The summed E-state index contributed by atoms with van der Waals surface area (Å²) in [5, 5.41) is 15.2. The molecule has 0 fully saturated rings. The smallest absolute Gasteiger partial charge is 0.223 e. The Morgan fingerprint density at radius 1 is 1.24 bits per heavy atom. The maximum absolute atomic E-state index is 12.5. The summed E-state index contributed by atoms with van der Waals surface area (Å²) >= 11 is 0. The van der Waals surface area contributed by atoms with Crippen LogP contribution in [0.1, 0.15) is 41.8 Å². The molecule has 0 radical (unpaired) electrons. The Kier molecular flexibility index (Phi) is 4.21. The highest BCUT2D eigenvalue weighted by molar-refractivity contribution is 5.77. The van der Waals surface area contributed by atoms with Crippen molar-refractivity contribution in [3.63, 3.8) is 0 Å². The third-order valence-electron chi connectivity index (χ3n) is 4.88. The van der Waals surface area contributed by atoms with Crippen molar-refractivity contribution in [3.8, 4) is 0 Å². The topological polar surface area (TPSA) is 87.9 Å². The van der Waals surface area contributed by atoms with Crippen LogP contribution in [0.2, 0.25) is 0 Å². The first-order valence-electron chi connectivity index (χ1n) is 8.71. The second-order valence-electron chi connectivity index (χ2n) is 6.67. The monoisotopic (exact) mass is 339 g/mol. The second-order valence-corrected chi connectivity index (χ2v) is 6.67. The number of fused-ring (bicyclic) bond motifs is 2. The number of rotatable bonds is 5. The fraction of sp³-hybridized carbons (Fsp3) is 0.444. The molecular weight excluding hydrogens is 318 g/mol. The van der Waals surface area contributed by atoms with Crippen LogP contribution in [0.25, 0.3) is 11.0 Å². The van der Waals surface area contributed by atoms with Gasteiger partial charge in [0, 0.05) is 32.1 Å². The minimum Gasteiger partial charge on any atom is -0.341 e. The summed E-state index contributed by atoms with van der Waals surface area (Å²) in [6, 6.07) is 5.70. The van der Waals surface area contributed by atoms with E-state index in [2.05, 4.69) is 20.5 Å². The summed E-state index contributed by atoms with van der Waals surface area (Å²) in [6.45, 7) is 0.542. The molecule has 4 rings (SSSR count). The lowest BCUT2D eigenvalue weighted by Gasteiger charge is -2.17. The molecule has 7 heteroatoms. The van der Waals surface area contributed by atoms with Crippen molar-refractivity contribution in [3.05, 3.63) is 40.7 Å². The van der Waals surface area contributed by atoms with Gasteiger partial charge in [-0.15, -0.1) is 0 Å². The van der Waals surface area contributed by atoms with Gasteiger partial charge in [-0.25, -0.2) is 4.63 Å². The van der Waals surface area contributed by atoms with E-state index in [0.29, 0.717) is 24.9 Å². The van der Waals surface area contributed by atoms with Crippen molar-refractivity contribution in [2.75, 3.05) is 7.05 Å². The van der Waals surface area contributed by atoms with Gasteiger partial charge in [0.2, 0.25) is 5.91 Å². The van der Waals surface area contributed by atoms with Crippen LogP contribution >= 0.6 is 0 Å². The quantitative estimate of drug-likeness (QED) is 0.771. The first-order chi connectivity index (χ1) is 12.2. The molecule has 1 N–H and O–H groups in total. The summed E-state index contributed by atoms with van der Waals surface area (Å²) in [5.41, 5.74) is 6.10. The molecule has 2 heterocycles. The van der Waals surface area contributed by atoms with Gasteiger partial charge in [-0.1, -0.05) is 6.07 Å². The fourth-order valence-electron chi connectivity index (χ4n) is 3.46. The number of aromatic nitrogens is 4. The highest BCUT2D eigenvalue weighted by Crippen LogP contribution is 2.23. The van der Waals surface area contributed by atoms with Crippen LogP contribution in [0.3, 0.4) is 0 Å². The first kappa shape index (κ1) is 15.8. The molecule has 2 aromatic heterocycles. The predicted molar refractivity (Wildman–Crippen MR) is 91.8 cm³/mol. The van der Waals surface area contributed by atoms with Gasteiger partial charge < -0.3 is 4.90 Å². The minimum absolute atomic E-state index is 0.117. The molecule has 3 aromatic rings. The Labute approximate surface area is 145 Å². The minimum atomic E-state index is 0.117.